The van der Waals surface area contributed by atoms with Gasteiger partial charge < -0.3 is 10.1 Å². The highest BCUT2D eigenvalue weighted by Gasteiger charge is 2.27. The Labute approximate surface area is 133 Å². The zero-order valence-electron chi connectivity index (χ0n) is 12.1. The van der Waals surface area contributed by atoms with Gasteiger partial charge in [-0.1, -0.05) is 12.1 Å². The van der Waals surface area contributed by atoms with E-state index in [1.807, 2.05) is 18.2 Å². The first kappa shape index (κ1) is 14.3. The van der Waals surface area contributed by atoms with Crippen LogP contribution in [0.25, 0.3) is 0 Å². The van der Waals surface area contributed by atoms with Crippen LogP contribution in [0.4, 0.5) is 5.82 Å². The average molecular weight is 348 g/mol. The standard InChI is InChI=1S/C16H18BrN3O/c1-10(11-5-7-13(21-2)8-6-11)18-15-9-14(17)19-16(20-15)12-3-4-12/h5-10,12H,3-4H2,1-2H3,(H,18,19,20). The third-order valence-electron chi connectivity index (χ3n) is 3.63. The highest BCUT2D eigenvalue weighted by molar-refractivity contribution is 9.10. The van der Waals surface area contributed by atoms with E-state index in [0.29, 0.717) is 5.92 Å². The number of rotatable bonds is 5. The Hall–Kier alpha value is -1.62. The van der Waals surface area contributed by atoms with Crippen LogP contribution in [0.1, 0.15) is 43.1 Å². The van der Waals surface area contributed by atoms with Crippen molar-refractivity contribution in [3.05, 3.63) is 46.3 Å². The van der Waals surface area contributed by atoms with Crippen molar-refractivity contribution in [2.45, 2.75) is 31.7 Å². The van der Waals surface area contributed by atoms with Gasteiger partial charge in [0.05, 0.1) is 7.11 Å². The fourth-order valence-electron chi connectivity index (χ4n) is 2.23. The van der Waals surface area contributed by atoms with Crippen LogP contribution in [-0.4, -0.2) is 17.1 Å². The molecule has 3 rings (SSSR count). The summed E-state index contributed by atoms with van der Waals surface area (Å²) in [6, 6.07) is 10.2. The molecule has 1 aliphatic carbocycles. The fraction of sp³-hybridized carbons (Fsp3) is 0.375. The minimum atomic E-state index is 0.171. The largest absolute Gasteiger partial charge is 0.497 e. The van der Waals surface area contributed by atoms with Gasteiger partial charge in [-0.05, 0) is 53.4 Å². The average Bonchev–Trinajstić information content (AvgIpc) is 3.31. The number of methoxy groups -OCH3 is 1. The molecule has 1 N–H and O–H groups in total. The molecule has 5 heteroatoms. The molecule has 110 valence electrons. The first-order valence-electron chi connectivity index (χ1n) is 7.10. The minimum absolute atomic E-state index is 0.171. The Kier molecular flexibility index (Phi) is 4.10. The summed E-state index contributed by atoms with van der Waals surface area (Å²) in [6.07, 6.45) is 2.40. The van der Waals surface area contributed by atoms with Gasteiger partial charge in [-0.15, -0.1) is 0 Å². The number of benzene rings is 1. The van der Waals surface area contributed by atoms with E-state index in [0.717, 1.165) is 22.0 Å². The van der Waals surface area contributed by atoms with Crippen LogP contribution in [0.5, 0.6) is 5.75 Å². The van der Waals surface area contributed by atoms with Crippen molar-refractivity contribution in [2.24, 2.45) is 0 Å². The normalized spacial score (nSPS) is 15.6. The van der Waals surface area contributed by atoms with Crippen LogP contribution in [0.15, 0.2) is 34.9 Å². The van der Waals surface area contributed by atoms with Gasteiger partial charge in [0, 0.05) is 18.0 Å². The summed E-state index contributed by atoms with van der Waals surface area (Å²) < 4.78 is 6.02. The van der Waals surface area contributed by atoms with E-state index in [9.17, 15) is 0 Å². The van der Waals surface area contributed by atoms with Crippen LogP contribution in [-0.2, 0) is 0 Å². The Bertz CT molecular complexity index is 626. The molecule has 0 saturated heterocycles. The number of hydrogen-bond donors (Lipinski definition) is 1. The molecule has 1 saturated carbocycles. The summed E-state index contributed by atoms with van der Waals surface area (Å²) in [4.78, 5) is 9.07. The lowest BCUT2D eigenvalue weighted by atomic mass is 10.1. The quantitative estimate of drug-likeness (QED) is 0.819. The number of aromatic nitrogens is 2. The summed E-state index contributed by atoms with van der Waals surface area (Å²) in [5.41, 5.74) is 1.19. The molecule has 1 aromatic heterocycles. The van der Waals surface area contributed by atoms with Crippen molar-refractivity contribution in [2.75, 3.05) is 12.4 Å². The van der Waals surface area contributed by atoms with E-state index in [4.69, 9.17) is 4.74 Å². The van der Waals surface area contributed by atoms with Gasteiger partial charge in [0.1, 0.15) is 22.0 Å². The molecule has 0 aliphatic heterocycles. The lowest BCUT2D eigenvalue weighted by Gasteiger charge is -2.16. The second-order valence-corrected chi connectivity index (χ2v) is 6.16. The van der Waals surface area contributed by atoms with Crippen LogP contribution in [0.3, 0.4) is 0 Å². The van der Waals surface area contributed by atoms with Crippen LogP contribution < -0.4 is 10.1 Å². The lowest BCUT2D eigenvalue weighted by Crippen LogP contribution is -2.09. The molecule has 1 unspecified atom stereocenters. The summed E-state index contributed by atoms with van der Waals surface area (Å²) in [7, 11) is 1.68. The topological polar surface area (TPSA) is 47.0 Å². The van der Waals surface area contributed by atoms with E-state index in [-0.39, 0.29) is 6.04 Å². The summed E-state index contributed by atoms with van der Waals surface area (Å²) in [6.45, 7) is 2.12. The van der Waals surface area contributed by atoms with Crippen molar-refractivity contribution in [3.8, 4) is 5.75 Å². The number of anilines is 1. The highest BCUT2D eigenvalue weighted by atomic mass is 79.9. The van der Waals surface area contributed by atoms with E-state index in [2.05, 4.69) is 50.3 Å². The van der Waals surface area contributed by atoms with Gasteiger partial charge in [0.2, 0.25) is 0 Å². The Balaban J connectivity index is 1.75. The molecular weight excluding hydrogens is 330 g/mol. The molecule has 2 aromatic rings. The summed E-state index contributed by atoms with van der Waals surface area (Å²) in [5, 5.41) is 3.44. The molecule has 21 heavy (non-hydrogen) atoms. The minimum Gasteiger partial charge on any atom is -0.497 e. The van der Waals surface area contributed by atoms with Gasteiger partial charge >= 0.3 is 0 Å². The summed E-state index contributed by atoms with van der Waals surface area (Å²) in [5.74, 6) is 3.21. The van der Waals surface area contributed by atoms with Crippen molar-refractivity contribution in [1.29, 1.82) is 0 Å². The van der Waals surface area contributed by atoms with E-state index < -0.39 is 0 Å². The molecule has 1 fully saturated rings. The van der Waals surface area contributed by atoms with Gasteiger partial charge in [-0.2, -0.15) is 0 Å². The Morgan fingerprint density at radius 3 is 2.57 bits per heavy atom. The third kappa shape index (κ3) is 3.53. The highest BCUT2D eigenvalue weighted by Crippen LogP contribution is 2.39. The van der Waals surface area contributed by atoms with E-state index in [1.54, 1.807) is 7.11 Å². The molecule has 1 aliphatic rings. The van der Waals surface area contributed by atoms with Crippen molar-refractivity contribution >= 4 is 21.7 Å². The van der Waals surface area contributed by atoms with Crippen LogP contribution in [0.2, 0.25) is 0 Å². The predicted molar refractivity (Wildman–Crippen MR) is 86.7 cm³/mol. The number of nitrogens with zero attached hydrogens (tertiary/aromatic N) is 2. The maximum absolute atomic E-state index is 5.18. The molecule has 0 spiro atoms. The molecule has 1 atom stereocenters. The first-order chi connectivity index (χ1) is 10.2. The van der Waals surface area contributed by atoms with Gasteiger partial charge in [0.15, 0.2) is 0 Å². The second-order valence-electron chi connectivity index (χ2n) is 5.35. The van der Waals surface area contributed by atoms with Crippen LogP contribution >= 0.6 is 15.9 Å². The predicted octanol–water partition coefficient (Wildman–Crippen LogP) is 4.30. The molecule has 1 aromatic carbocycles. The Morgan fingerprint density at radius 1 is 1.24 bits per heavy atom. The lowest BCUT2D eigenvalue weighted by molar-refractivity contribution is 0.414. The SMILES string of the molecule is COc1ccc(C(C)Nc2cc(Br)nc(C3CC3)n2)cc1. The zero-order chi connectivity index (χ0) is 14.8. The molecule has 0 amide bonds. The maximum atomic E-state index is 5.18. The third-order valence-corrected chi connectivity index (χ3v) is 4.04. The van der Waals surface area contributed by atoms with Gasteiger partial charge in [-0.25, -0.2) is 9.97 Å². The Morgan fingerprint density at radius 2 is 1.95 bits per heavy atom. The van der Waals surface area contributed by atoms with Gasteiger partial charge in [0.25, 0.3) is 0 Å². The van der Waals surface area contributed by atoms with Crippen molar-refractivity contribution < 1.29 is 4.74 Å². The molecule has 1 heterocycles. The van der Waals surface area contributed by atoms with E-state index in [1.165, 1.54) is 18.4 Å². The van der Waals surface area contributed by atoms with Crippen molar-refractivity contribution in [3.63, 3.8) is 0 Å². The second kappa shape index (κ2) is 6.02. The number of nitrogens with one attached hydrogen (secondary N) is 1. The number of ether oxygens (including phenoxy) is 1. The molecule has 0 bridgehead atoms. The summed E-state index contributed by atoms with van der Waals surface area (Å²) >= 11 is 3.47. The maximum Gasteiger partial charge on any atom is 0.135 e. The number of halogens is 1. The molecular formula is C16H18BrN3O. The first-order valence-corrected chi connectivity index (χ1v) is 7.90. The van der Waals surface area contributed by atoms with Crippen molar-refractivity contribution in [1.82, 2.24) is 9.97 Å². The zero-order valence-corrected chi connectivity index (χ0v) is 13.7. The smallest absolute Gasteiger partial charge is 0.135 e. The molecule has 0 radical (unpaired) electrons. The fourth-order valence-corrected chi connectivity index (χ4v) is 2.63. The number of hydrogen-bond acceptors (Lipinski definition) is 4. The van der Waals surface area contributed by atoms with E-state index >= 15 is 0 Å². The van der Waals surface area contributed by atoms with Gasteiger partial charge in [-0.3, -0.25) is 0 Å². The monoisotopic (exact) mass is 347 g/mol. The molecule has 4 nitrogen and oxygen atoms in total. The van der Waals surface area contributed by atoms with Crippen LogP contribution in [0, 0.1) is 0 Å².